The van der Waals surface area contributed by atoms with Crippen LogP contribution in [0.2, 0.25) is 0 Å². The van der Waals surface area contributed by atoms with Gasteiger partial charge in [-0.25, -0.2) is 4.98 Å². The Morgan fingerprint density at radius 3 is 3.00 bits per heavy atom. The van der Waals surface area contributed by atoms with Gasteiger partial charge in [0.1, 0.15) is 12.7 Å². The van der Waals surface area contributed by atoms with Crippen LogP contribution >= 0.6 is 0 Å². The summed E-state index contributed by atoms with van der Waals surface area (Å²) in [6.45, 7) is 3.49. The molecule has 2 aliphatic rings. The number of rotatable bonds is 3. The van der Waals surface area contributed by atoms with Crippen LogP contribution in [0.5, 0.6) is 11.6 Å². The molecule has 4 heterocycles. The van der Waals surface area contributed by atoms with Crippen LogP contribution in [0, 0.1) is 11.3 Å². The third-order valence-electron chi connectivity index (χ3n) is 5.77. The van der Waals surface area contributed by atoms with Crippen molar-refractivity contribution in [3.05, 3.63) is 53.9 Å². The van der Waals surface area contributed by atoms with E-state index < -0.39 is 0 Å². The molecule has 6 nitrogen and oxygen atoms in total. The highest BCUT2D eigenvalue weighted by Crippen LogP contribution is 2.34. The number of H-pyrrole nitrogens is 1. The Hall–Kier alpha value is -3.04. The lowest BCUT2D eigenvalue weighted by molar-refractivity contribution is 0.0471. The van der Waals surface area contributed by atoms with Crippen molar-refractivity contribution in [2.24, 2.45) is 0 Å². The van der Waals surface area contributed by atoms with Crippen LogP contribution < -0.4 is 9.47 Å². The predicted molar refractivity (Wildman–Crippen MR) is 106 cm³/mol. The second kappa shape index (κ2) is 7.17. The number of likely N-dealkylation sites (tertiary alicyclic amines) is 1. The monoisotopic (exact) mass is 374 g/mol. The number of aromatic nitrogens is 2. The Morgan fingerprint density at radius 1 is 1.25 bits per heavy atom. The zero-order valence-corrected chi connectivity index (χ0v) is 15.6. The molecular formula is C22H22N4O2. The number of nitrogens with one attached hydrogen (secondary N) is 1. The van der Waals surface area contributed by atoms with E-state index in [-0.39, 0.29) is 6.10 Å². The highest BCUT2D eigenvalue weighted by Gasteiger charge is 2.28. The van der Waals surface area contributed by atoms with Crippen molar-refractivity contribution in [1.82, 2.24) is 14.9 Å². The molecule has 1 unspecified atom stereocenters. The molecule has 1 atom stereocenters. The quantitative estimate of drug-likeness (QED) is 0.760. The SMILES string of the molecule is N#Cc1ccc2[nH]cc(C3CCN(CC4COc5cccnc5O4)CC3)c2c1. The number of benzene rings is 1. The molecule has 0 aliphatic carbocycles. The molecule has 6 heteroatoms. The van der Waals surface area contributed by atoms with Crippen molar-refractivity contribution < 1.29 is 9.47 Å². The molecule has 0 radical (unpaired) electrons. The lowest BCUT2D eigenvalue weighted by Gasteiger charge is -2.35. The fraction of sp³-hybridized carbons (Fsp3) is 0.364. The number of nitrogens with zero attached hydrogens (tertiary/aromatic N) is 3. The first-order valence-electron chi connectivity index (χ1n) is 9.78. The molecule has 0 saturated carbocycles. The van der Waals surface area contributed by atoms with Gasteiger partial charge >= 0.3 is 0 Å². The molecule has 1 aromatic carbocycles. The highest BCUT2D eigenvalue weighted by molar-refractivity contribution is 5.85. The average Bonchev–Trinajstić information content (AvgIpc) is 3.17. The van der Waals surface area contributed by atoms with Crippen molar-refractivity contribution >= 4 is 10.9 Å². The fourth-order valence-electron chi connectivity index (χ4n) is 4.30. The molecule has 0 bridgehead atoms. The van der Waals surface area contributed by atoms with Crippen molar-refractivity contribution in [3.8, 4) is 17.7 Å². The summed E-state index contributed by atoms with van der Waals surface area (Å²) in [6.07, 6.45) is 6.07. The van der Waals surface area contributed by atoms with E-state index in [1.165, 1.54) is 10.9 Å². The first-order chi connectivity index (χ1) is 13.8. The Morgan fingerprint density at radius 2 is 2.14 bits per heavy atom. The predicted octanol–water partition coefficient (Wildman–Crippen LogP) is 3.45. The molecule has 1 fully saturated rings. The van der Waals surface area contributed by atoms with Crippen LogP contribution in [-0.2, 0) is 0 Å². The second-order valence-electron chi connectivity index (χ2n) is 7.55. The van der Waals surface area contributed by atoms with E-state index in [1.54, 1.807) is 6.20 Å². The average molecular weight is 374 g/mol. The van der Waals surface area contributed by atoms with Gasteiger partial charge in [-0.2, -0.15) is 5.26 Å². The van der Waals surface area contributed by atoms with E-state index in [0.717, 1.165) is 43.7 Å². The lowest BCUT2D eigenvalue weighted by atomic mass is 9.89. The maximum absolute atomic E-state index is 9.19. The molecule has 0 amide bonds. The number of fused-ring (bicyclic) bond motifs is 2. The molecular weight excluding hydrogens is 352 g/mol. The number of piperidine rings is 1. The topological polar surface area (TPSA) is 74.2 Å². The van der Waals surface area contributed by atoms with Crippen LogP contribution in [0.3, 0.4) is 0 Å². The van der Waals surface area contributed by atoms with Crippen LogP contribution in [0.4, 0.5) is 0 Å². The van der Waals surface area contributed by atoms with E-state index in [1.807, 2.05) is 30.3 Å². The van der Waals surface area contributed by atoms with E-state index in [9.17, 15) is 5.26 Å². The van der Waals surface area contributed by atoms with E-state index >= 15 is 0 Å². The van der Waals surface area contributed by atoms with Crippen molar-refractivity contribution in [2.75, 3.05) is 26.2 Å². The van der Waals surface area contributed by atoms with Gasteiger partial charge in [0.15, 0.2) is 5.75 Å². The Bertz CT molecular complexity index is 1030. The Balaban J connectivity index is 1.22. The number of pyridine rings is 1. The molecule has 142 valence electrons. The van der Waals surface area contributed by atoms with Crippen LogP contribution in [0.15, 0.2) is 42.7 Å². The smallest absolute Gasteiger partial charge is 0.257 e. The normalized spacial score (nSPS) is 20.2. The third-order valence-corrected chi connectivity index (χ3v) is 5.77. The summed E-state index contributed by atoms with van der Waals surface area (Å²) in [5.74, 6) is 1.85. The molecule has 2 aromatic heterocycles. The number of hydrogen-bond acceptors (Lipinski definition) is 5. The molecule has 3 aromatic rings. The minimum absolute atomic E-state index is 0.0187. The highest BCUT2D eigenvalue weighted by atomic mass is 16.6. The fourth-order valence-corrected chi connectivity index (χ4v) is 4.30. The maximum Gasteiger partial charge on any atom is 0.257 e. The van der Waals surface area contributed by atoms with Crippen LogP contribution in [0.1, 0.15) is 29.9 Å². The summed E-state index contributed by atoms with van der Waals surface area (Å²) in [6, 6.07) is 11.9. The van der Waals surface area contributed by atoms with Gasteiger partial charge in [-0.3, -0.25) is 4.90 Å². The Kier molecular flexibility index (Phi) is 4.38. The minimum Gasteiger partial charge on any atom is -0.484 e. The second-order valence-corrected chi connectivity index (χ2v) is 7.55. The lowest BCUT2D eigenvalue weighted by Crippen LogP contribution is -2.44. The van der Waals surface area contributed by atoms with Crippen molar-refractivity contribution in [3.63, 3.8) is 0 Å². The summed E-state index contributed by atoms with van der Waals surface area (Å²) in [4.78, 5) is 10.1. The summed E-state index contributed by atoms with van der Waals surface area (Å²) in [7, 11) is 0. The van der Waals surface area contributed by atoms with Gasteiger partial charge in [0.2, 0.25) is 0 Å². The zero-order valence-electron chi connectivity index (χ0n) is 15.6. The van der Waals surface area contributed by atoms with Gasteiger partial charge in [-0.15, -0.1) is 0 Å². The van der Waals surface area contributed by atoms with E-state index in [0.29, 0.717) is 24.0 Å². The molecule has 1 saturated heterocycles. The van der Waals surface area contributed by atoms with Crippen molar-refractivity contribution in [1.29, 1.82) is 5.26 Å². The van der Waals surface area contributed by atoms with Crippen molar-refractivity contribution in [2.45, 2.75) is 24.9 Å². The maximum atomic E-state index is 9.19. The summed E-state index contributed by atoms with van der Waals surface area (Å²) >= 11 is 0. The Labute approximate surface area is 163 Å². The number of hydrogen-bond donors (Lipinski definition) is 1. The molecule has 5 rings (SSSR count). The van der Waals surface area contributed by atoms with E-state index in [4.69, 9.17) is 9.47 Å². The molecule has 1 N–H and O–H groups in total. The third kappa shape index (κ3) is 3.19. The first kappa shape index (κ1) is 17.1. The first-order valence-corrected chi connectivity index (χ1v) is 9.78. The summed E-state index contributed by atoms with van der Waals surface area (Å²) in [5.41, 5.74) is 3.16. The van der Waals surface area contributed by atoms with Gasteiger partial charge in [0.05, 0.1) is 11.6 Å². The van der Waals surface area contributed by atoms with Gasteiger partial charge in [0, 0.05) is 29.8 Å². The largest absolute Gasteiger partial charge is 0.484 e. The number of ether oxygens (including phenoxy) is 2. The number of aromatic amines is 1. The number of nitriles is 1. The minimum atomic E-state index is 0.0187. The zero-order chi connectivity index (χ0) is 18.9. The summed E-state index contributed by atoms with van der Waals surface area (Å²) < 4.78 is 11.8. The van der Waals surface area contributed by atoms with Crippen LogP contribution in [-0.4, -0.2) is 47.2 Å². The van der Waals surface area contributed by atoms with Gasteiger partial charge in [0.25, 0.3) is 5.88 Å². The van der Waals surface area contributed by atoms with E-state index in [2.05, 4.69) is 27.1 Å². The van der Waals surface area contributed by atoms with Gasteiger partial charge < -0.3 is 14.5 Å². The van der Waals surface area contributed by atoms with Gasteiger partial charge in [-0.05, 0) is 67.7 Å². The van der Waals surface area contributed by atoms with Crippen LogP contribution in [0.25, 0.3) is 10.9 Å². The molecule has 2 aliphatic heterocycles. The van der Waals surface area contributed by atoms with Gasteiger partial charge in [-0.1, -0.05) is 0 Å². The molecule has 28 heavy (non-hydrogen) atoms. The summed E-state index contributed by atoms with van der Waals surface area (Å²) in [5, 5.41) is 10.4. The molecule has 0 spiro atoms. The standard InChI is InChI=1S/C22H22N4O2/c23-11-15-3-4-20-18(10-15)19(12-25-20)16-5-8-26(9-6-16)13-17-14-27-21-2-1-7-24-22(21)28-17/h1-4,7,10,12,16-17,25H,5-6,8-9,13-14H2.